The Labute approximate surface area is 141 Å². The van der Waals surface area contributed by atoms with Gasteiger partial charge in [0.1, 0.15) is 0 Å². The van der Waals surface area contributed by atoms with Crippen LogP contribution in [0.1, 0.15) is 36.5 Å². The zero-order chi connectivity index (χ0) is 16.1. The highest BCUT2D eigenvalue weighted by Crippen LogP contribution is 2.22. The van der Waals surface area contributed by atoms with Crippen LogP contribution in [0.3, 0.4) is 0 Å². The first-order valence-corrected chi connectivity index (χ1v) is 8.30. The fourth-order valence-electron chi connectivity index (χ4n) is 2.48. The zero-order valence-electron chi connectivity index (χ0n) is 12.6. The quantitative estimate of drug-likeness (QED) is 0.840. The van der Waals surface area contributed by atoms with Gasteiger partial charge in [-0.15, -0.1) is 0 Å². The molecule has 120 valence electrons. The predicted octanol–water partition coefficient (Wildman–Crippen LogP) is 3.47. The van der Waals surface area contributed by atoms with E-state index in [-0.39, 0.29) is 11.8 Å². The van der Waals surface area contributed by atoms with E-state index < -0.39 is 0 Å². The van der Waals surface area contributed by atoms with Crippen LogP contribution < -0.4 is 0 Å². The third kappa shape index (κ3) is 4.14. The zero-order valence-corrected chi connectivity index (χ0v) is 14.2. The topological polar surface area (TPSA) is 40.6 Å². The summed E-state index contributed by atoms with van der Waals surface area (Å²) in [6.45, 7) is 4.27. The molecule has 0 radical (unpaired) electrons. The van der Waals surface area contributed by atoms with Gasteiger partial charge in [-0.2, -0.15) is 0 Å². The Hall–Kier alpha value is -1.26. The monoisotopic (exact) mass is 342 g/mol. The number of benzene rings is 1. The molecular formula is C16H20Cl2N2O2. The molecule has 1 aliphatic rings. The second-order valence-corrected chi connectivity index (χ2v) is 6.24. The van der Waals surface area contributed by atoms with Crippen molar-refractivity contribution >= 4 is 35.0 Å². The van der Waals surface area contributed by atoms with Gasteiger partial charge in [-0.1, -0.05) is 36.5 Å². The molecule has 0 saturated carbocycles. The number of amides is 2. The lowest BCUT2D eigenvalue weighted by atomic mass is 10.1. The van der Waals surface area contributed by atoms with Crippen LogP contribution in [0.4, 0.5) is 0 Å². The summed E-state index contributed by atoms with van der Waals surface area (Å²) in [6.07, 6.45) is 2.51. The van der Waals surface area contributed by atoms with Crippen molar-refractivity contribution in [2.24, 2.45) is 0 Å². The summed E-state index contributed by atoms with van der Waals surface area (Å²) in [5, 5.41) is 0.886. The van der Waals surface area contributed by atoms with Crippen molar-refractivity contribution in [1.29, 1.82) is 0 Å². The molecular weight excluding hydrogens is 323 g/mol. The standard InChI is InChI=1S/C16H20Cl2N2O2/c1-2-3-4-15(21)19-7-9-20(10-8-19)16(22)13-11-12(17)5-6-14(13)18/h5-6,11H,2-4,7-10H2,1H3. The van der Waals surface area contributed by atoms with Crippen LogP contribution >= 0.6 is 23.2 Å². The summed E-state index contributed by atoms with van der Waals surface area (Å²) in [6, 6.07) is 4.87. The van der Waals surface area contributed by atoms with Crippen molar-refractivity contribution in [3.63, 3.8) is 0 Å². The minimum atomic E-state index is -0.131. The normalized spacial score (nSPS) is 15.0. The predicted molar refractivity (Wildman–Crippen MR) is 88.5 cm³/mol. The molecule has 0 spiro atoms. The van der Waals surface area contributed by atoms with Crippen molar-refractivity contribution in [3.8, 4) is 0 Å². The second kappa shape index (κ2) is 7.84. The van der Waals surface area contributed by atoms with E-state index in [1.54, 1.807) is 23.1 Å². The average molecular weight is 343 g/mol. The smallest absolute Gasteiger partial charge is 0.255 e. The molecule has 1 saturated heterocycles. The lowest BCUT2D eigenvalue weighted by molar-refractivity contribution is -0.132. The fourth-order valence-corrected chi connectivity index (χ4v) is 2.85. The molecule has 0 unspecified atom stereocenters. The number of hydrogen-bond donors (Lipinski definition) is 0. The first kappa shape index (κ1) is 17.1. The van der Waals surface area contributed by atoms with Crippen molar-refractivity contribution in [2.75, 3.05) is 26.2 Å². The number of hydrogen-bond acceptors (Lipinski definition) is 2. The number of piperazine rings is 1. The molecule has 1 fully saturated rings. The Bertz CT molecular complexity index is 555. The van der Waals surface area contributed by atoms with Gasteiger partial charge in [0.05, 0.1) is 10.6 Å². The highest BCUT2D eigenvalue weighted by Gasteiger charge is 2.25. The van der Waals surface area contributed by atoms with E-state index in [1.165, 1.54) is 0 Å². The summed E-state index contributed by atoms with van der Waals surface area (Å²) in [7, 11) is 0. The van der Waals surface area contributed by atoms with Gasteiger partial charge in [-0.25, -0.2) is 0 Å². The van der Waals surface area contributed by atoms with E-state index >= 15 is 0 Å². The molecule has 22 heavy (non-hydrogen) atoms. The van der Waals surface area contributed by atoms with Gasteiger partial charge in [0.25, 0.3) is 5.91 Å². The summed E-state index contributed by atoms with van der Waals surface area (Å²) in [5.41, 5.74) is 0.417. The van der Waals surface area contributed by atoms with E-state index in [9.17, 15) is 9.59 Å². The lowest BCUT2D eigenvalue weighted by Crippen LogP contribution is -2.50. The highest BCUT2D eigenvalue weighted by molar-refractivity contribution is 6.35. The Balaban J connectivity index is 1.95. The summed E-state index contributed by atoms with van der Waals surface area (Å²) in [5.74, 6) is 0.0443. The third-order valence-corrected chi connectivity index (χ3v) is 4.39. The van der Waals surface area contributed by atoms with E-state index in [0.29, 0.717) is 48.2 Å². The van der Waals surface area contributed by atoms with Gasteiger partial charge in [-0.3, -0.25) is 9.59 Å². The highest BCUT2D eigenvalue weighted by atomic mass is 35.5. The molecule has 0 N–H and O–H groups in total. The van der Waals surface area contributed by atoms with Crippen molar-refractivity contribution < 1.29 is 9.59 Å². The van der Waals surface area contributed by atoms with Gasteiger partial charge >= 0.3 is 0 Å². The summed E-state index contributed by atoms with van der Waals surface area (Å²) < 4.78 is 0. The molecule has 2 amide bonds. The van der Waals surface area contributed by atoms with Crippen molar-refractivity contribution in [1.82, 2.24) is 9.80 Å². The van der Waals surface area contributed by atoms with Gasteiger partial charge < -0.3 is 9.80 Å². The van der Waals surface area contributed by atoms with E-state index in [1.807, 2.05) is 4.90 Å². The number of rotatable bonds is 4. The Kier molecular flexibility index (Phi) is 6.09. The summed E-state index contributed by atoms with van der Waals surface area (Å²) >= 11 is 12.0. The van der Waals surface area contributed by atoms with Crippen LogP contribution in [0.5, 0.6) is 0 Å². The molecule has 2 rings (SSSR count). The molecule has 0 atom stereocenters. The van der Waals surface area contributed by atoms with Gasteiger partial charge in [0.15, 0.2) is 0 Å². The number of unbranched alkanes of at least 4 members (excludes halogenated alkanes) is 1. The van der Waals surface area contributed by atoms with E-state index in [4.69, 9.17) is 23.2 Å². The molecule has 6 heteroatoms. The molecule has 0 bridgehead atoms. The maximum atomic E-state index is 12.5. The molecule has 1 aromatic carbocycles. The van der Waals surface area contributed by atoms with Gasteiger partial charge in [0, 0.05) is 37.6 Å². The largest absolute Gasteiger partial charge is 0.339 e. The third-order valence-electron chi connectivity index (χ3n) is 3.82. The summed E-state index contributed by atoms with van der Waals surface area (Å²) in [4.78, 5) is 28.0. The SMILES string of the molecule is CCCCC(=O)N1CCN(C(=O)c2cc(Cl)ccc2Cl)CC1. The van der Waals surface area contributed by atoms with Crippen LogP contribution in [0.25, 0.3) is 0 Å². The second-order valence-electron chi connectivity index (χ2n) is 5.40. The number of carbonyl (C=O) groups excluding carboxylic acids is 2. The Morgan fingerprint density at radius 2 is 1.73 bits per heavy atom. The maximum absolute atomic E-state index is 12.5. The molecule has 1 heterocycles. The average Bonchev–Trinajstić information content (AvgIpc) is 2.54. The van der Waals surface area contributed by atoms with E-state index in [0.717, 1.165) is 12.8 Å². The first-order chi connectivity index (χ1) is 10.5. The maximum Gasteiger partial charge on any atom is 0.255 e. The van der Waals surface area contributed by atoms with Crippen LogP contribution in [-0.2, 0) is 4.79 Å². The minimum absolute atomic E-state index is 0.131. The van der Waals surface area contributed by atoms with Crippen LogP contribution in [-0.4, -0.2) is 47.8 Å². The lowest BCUT2D eigenvalue weighted by Gasteiger charge is -2.35. The first-order valence-electron chi connectivity index (χ1n) is 7.55. The van der Waals surface area contributed by atoms with Crippen LogP contribution in [0, 0.1) is 0 Å². The van der Waals surface area contributed by atoms with Crippen molar-refractivity contribution in [2.45, 2.75) is 26.2 Å². The van der Waals surface area contributed by atoms with Gasteiger partial charge in [0.2, 0.25) is 5.91 Å². The van der Waals surface area contributed by atoms with Crippen LogP contribution in [0.2, 0.25) is 10.0 Å². The minimum Gasteiger partial charge on any atom is -0.339 e. The molecule has 0 aliphatic carbocycles. The number of halogens is 2. The van der Waals surface area contributed by atoms with Crippen LogP contribution in [0.15, 0.2) is 18.2 Å². The molecule has 4 nitrogen and oxygen atoms in total. The Morgan fingerprint density at radius 3 is 2.36 bits per heavy atom. The molecule has 0 aromatic heterocycles. The fraction of sp³-hybridized carbons (Fsp3) is 0.500. The van der Waals surface area contributed by atoms with E-state index in [2.05, 4.69) is 6.92 Å². The number of carbonyl (C=O) groups is 2. The van der Waals surface area contributed by atoms with Crippen molar-refractivity contribution in [3.05, 3.63) is 33.8 Å². The Morgan fingerprint density at radius 1 is 1.09 bits per heavy atom. The van der Waals surface area contributed by atoms with Gasteiger partial charge in [-0.05, 0) is 24.6 Å². The number of nitrogens with zero attached hydrogens (tertiary/aromatic N) is 2. The molecule has 1 aliphatic heterocycles. The molecule has 1 aromatic rings.